The molecule has 5 heteroatoms. The second-order valence-corrected chi connectivity index (χ2v) is 7.79. The molecule has 2 rings (SSSR count). The molecule has 1 aromatic carbocycles. The van der Waals surface area contributed by atoms with Crippen LogP contribution in [0, 0.1) is 11.8 Å². The van der Waals surface area contributed by atoms with Crippen molar-refractivity contribution >= 4 is 11.8 Å². The molecule has 0 saturated heterocycles. The van der Waals surface area contributed by atoms with E-state index in [-0.39, 0.29) is 24.0 Å². The van der Waals surface area contributed by atoms with Crippen LogP contribution in [0.1, 0.15) is 56.9 Å². The van der Waals surface area contributed by atoms with Gasteiger partial charge in [0.05, 0.1) is 12.2 Å². The molecule has 5 nitrogen and oxygen atoms in total. The zero-order valence-electron chi connectivity index (χ0n) is 16.4. The monoisotopic (exact) mass is 388 g/mol. The Morgan fingerprint density at radius 3 is 2.54 bits per heavy atom. The fourth-order valence-electron chi connectivity index (χ4n) is 3.89. The molecule has 1 aliphatic carbocycles. The Balaban J connectivity index is 1.76. The fourth-order valence-corrected chi connectivity index (χ4v) is 3.89. The number of Topliss-reactive ketones (excluding diaryl/α,β-unsaturated/α-hetero) is 1. The largest absolute Gasteiger partial charge is 0.481 e. The molecular weight excluding hydrogens is 356 g/mol. The number of unbranched alkanes of at least 4 members (excludes halogenated alkanes) is 1. The minimum atomic E-state index is -0.838. The number of carboxylic acids is 1. The Hall–Kier alpha value is -1.98. The van der Waals surface area contributed by atoms with E-state index in [1.807, 2.05) is 36.4 Å². The van der Waals surface area contributed by atoms with E-state index in [2.05, 4.69) is 0 Å². The maximum Gasteiger partial charge on any atom is 0.303 e. The summed E-state index contributed by atoms with van der Waals surface area (Å²) in [5, 5.41) is 29.1. The minimum absolute atomic E-state index is 0.0827. The van der Waals surface area contributed by atoms with Crippen molar-refractivity contribution < 1.29 is 24.9 Å². The molecule has 4 atom stereocenters. The number of ketones is 1. The molecule has 3 N–H and O–H groups in total. The number of aryl methyl sites for hydroxylation is 1. The Kier molecular flexibility index (Phi) is 9.38. The summed E-state index contributed by atoms with van der Waals surface area (Å²) >= 11 is 0. The van der Waals surface area contributed by atoms with E-state index in [9.17, 15) is 19.8 Å². The molecule has 0 spiro atoms. The lowest BCUT2D eigenvalue weighted by molar-refractivity contribution is -0.137. The maximum atomic E-state index is 12.2. The summed E-state index contributed by atoms with van der Waals surface area (Å²) in [5.74, 6) is -0.761. The van der Waals surface area contributed by atoms with Gasteiger partial charge < -0.3 is 15.3 Å². The first-order valence-electron chi connectivity index (χ1n) is 10.3. The number of carbonyl (C=O) groups excluding carboxylic acids is 1. The molecule has 0 amide bonds. The number of allylic oxidation sites excluding steroid dienone is 1. The maximum absolute atomic E-state index is 12.2. The standard InChI is InChI=1S/C23H32O5/c24-19(13-10-17-6-2-1-3-7-17)14-11-18-12-15-22(26)21(18)16-20(25)8-4-5-9-23(27)28/h1-3,6-7,11,14,18-19,21-22,24,26H,4-5,8-10,12-13,15-16H2,(H,27,28)/b14-11+/t18-,19-,21+,22-/m0/s1. The van der Waals surface area contributed by atoms with Crippen molar-refractivity contribution in [2.45, 2.75) is 70.0 Å². The van der Waals surface area contributed by atoms with Gasteiger partial charge in [-0.25, -0.2) is 0 Å². The van der Waals surface area contributed by atoms with Gasteiger partial charge in [-0.15, -0.1) is 0 Å². The van der Waals surface area contributed by atoms with E-state index in [1.54, 1.807) is 6.08 Å². The summed E-state index contributed by atoms with van der Waals surface area (Å²) in [6.07, 6.45) is 7.54. The number of aliphatic hydroxyl groups is 2. The first kappa shape index (κ1) is 22.3. The van der Waals surface area contributed by atoms with E-state index in [1.165, 1.54) is 5.56 Å². The second kappa shape index (κ2) is 11.8. The molecule has 0 heterocycles. The van der Waals surface area contributed by atoms with E-state index in [0.29, 0.717) is 38.5 Å². The fraction of sp³-hybridized carbons (Fsp3) is 0.565. The molecule has 1 saturated carbocycles. The van der Waals surface area contributed by atoms with Crippen molar-refractivity contribution in [3.05, 3.63) is 48.0 Å². The Morgan fingerprint density at radius 1 is 1.11 bits per heavy atom. The van der Waals surface area contributed by atoms with Gasteiger partial charge in [0.15, 0.2) is 0 Å². The molecule has 0 unspecified atom stereocenters. The minimum Gasteiger partial charge on any atom is -0.481 e. The van der Waals surface area contributed by atoms with Gasteiger partial charge in [-0.05, 0) is 55.9 Å². The quantitative estimate of drug-likeness (QED) is 0.376. The molecule has 1 aliphatic rings. The van der Waals surface area contributed by atoms with Crippen molar-refractivity contribution in [3.8, 4) is 0 Å². The molecule has 1 aromatic rings. The normalized spacial score (nSPS) is 23.1. The molecule has 28 heavy (non-hydrogen) atoms. The van der Waals surface area contributed by atoms with Crippen LogP contribution in [-0.2, 0) is 16.0 Å². The number of hydrogen-bond donors (Lipinski definition) is 3. The topological polar surface area (TPSA) is 94.8 Å². The van der Waals surface area contributed by atoms with E-state index < -0.39 is 18.2 Å². The number of aliphatic carboxylic acids is 1. The summed E-state index contributed by atoms with van der Waals surface area (Å²) in [7, 11) is 0. The number of benzene rings is 1. The van der Waals surface area contributed by atoms with Crippen LogP contribution < -0.4 is 0 Å². The highest BCUT2D eigenvalue weighted by Gasteiger charge is 2.34. The van der Waals surface area contributed by atoms with Gasteiger partial charge in [-0.3, -0.25) is 9.59 Å². The van der Waals surface area contributed by atoms with Gasteiger partial charge in [0.25, 0.3) is 0 Å². The van der Waals surface area contributed by atoms with Crippen LogP contribution in [0.15, 0.2) is 42.5 Å². The smallest absolute Gasteiger partial charge is 0.303 e. The van der Waals surface area contributed by atoms with Crippen LogP contribution in [0.4, 0.5) is 0 Å². The highest BCUT2D eigenvalue weighted by Crippen LogP contribution is 2.36. The first-order valence-corrected chi connectivity index (χ1v) is 10.3. The molecule has 0 aromatic heterocycles. The first-order chi connectivity index (χ1) is 13.5. The lowest BCUT2D eigenvalue weighted by Crippen LogP contribution is -2.22. The average molecular weight is 389 g/mol. The van der Waals surface area contributed by atoms with Gasteiger partial charge in [0.2, 0.25) is 0 Å². The lowest BCUT2D eigenvalue weighted by Gasteiger charge is -2.19. The highest BCUT2D eigenvalue weighted by molar-refractivity contribution is 5.78. The number of aliphatic hydroxyl groups excluding tert-OH is 2. The highest BCUT2D eigenvalue weighted by atomic mass is 16.4. The van der Waals surface area contributed by atoms with Crippen molar-refractivity contribution in [3.63, 3.8) is 0 Å². The van der Waals surface area contributed by atoms with Crippen LogP contribution in [0.3, 0.4) is 0 Å². The average Bonchev–Trinajstić information content (AvgIpc) is 3.02. The van der Waals surface area contributed by atoms with Crippen molar-refractivity contribution in [2.75, 3.05) is 0 Å². The summed E-state index contributed by atoms with van der Waals surface area (Å²) in [4.78, 5) is 22.7. The summed E-state index contributed by atoms with van der Waals surface area (Å²) in [6.45, 7) is 0. The van der Waals surface area contributed by atoms with Crippen LogP contribution in [0.5, 0.6) is 0 Å². The number of carbonyl (C=O) groups is 2. The van der Waals surface area contributed by atoms with E-state index in [0.717, 1.165) is 12.8 Å². The molecule has 0 bridgehead atoms. The van der Waals surface area contributed by atoms with Crippen LogP contribution in [-0.4, -0.2) is 39.3 Å². The second-order valence-electron chi connectivity index (χ2n) is 7.79. The zero-order chi connectivity index (χ0) is 20.4. The van der Waals surface area contributed by atoms with Crippen LogP contribution >= 0.6 is 0 Å². The van der Waals surface area contributed by atoms with Crippen LogP contribution in [0.25, 0.3) is 0 Å². The SMILES string of the molecule is O=C(O)CCCCC(=O)C[C@H]1[C@@H](O)CC[C@@H]1/C=C/[C@@H](O)CCc1ccccc1. The van der Waals surface area contributed by atoms with Gasteiger partial charge in [-0.1, -0.05) is 42.5 Å². The molecule has 154 valence electrons. The summed E-state index contributed by atoms with van der Waals surface area (Å²) in [5.41, 5.74) is 1.19. The number of carboxylic acid groups (broad SMARTS) is 1. The third-order valence-electron chi connectivity index (χ3n) is 5.55. The van der Waals surface area contributed by atoms with Gasteiger partial charge in [0.1, 0.15) is 5.78 Å². The lowest BCUT2D eigenvalue weighted by atomic mass is 9.88. The Labute approximate surface area is 167 Å². The van der Waals surface area contributed by atoms with Crippen LogP contribution in [0.2, 0.25) is 0 Å². The van der Waals surface area contributed by atoms with Gasteiger partial charge in [-0.2, -0.15) is 0 Å². The molecule has 0 aliphatic heterocycles. The van der Waals surface area contributed by atoms with Gasteiger partial charge in [0, 0.05) is 19.3 Å². The summed E-state index contributed by atoms with van der Waals surface area (Å²) in [6, 6.07) is 10.0. The summed E-state index contributed by atoms with van der Waals surface area (Å²) < 4.78 is 0. The van der Waals surface area contributed by atoms with Crippen molar-refractivity contribution in [1.29, 1.82) is 0 Å². The predicted molar refractivity (Wildman–Crippen MR) is 108 cm³/mol. The Morgan fingerprint density at radius 2 is 1.82 bits per heavy atom. The predicted octanol–water partition coefficient (Wildman–Crippen LogP) is 3.53. The number of rotatable bonds is 12. The third-order valence-corrected chi connectivity index (χ3v) is 5.55. The molecule has 1 fully saturated rings. The third kappa shape index (κ3) is 7.95. The van der Waals surface area contributed by atoms with Gasteiger partial charge >= 0.3 is 5.97 Å². The van der Waals surface area contributed by atoms with Crippen molar-refractivity contribution in [2.24, 2.45) is 11.8 Å². The van der Waals surface area contributed by atoms with Crippen molar-refractivity contribution in [1.82, 2.24) is 0 Å². The molecular formula is C23H32O5. The molecule has 0 radical (unpaired) electrons. The van der Waals surface area contributed by atoms with E-state index in [4.69, 9.17) is 5.11 Å². The Bertz CT molecular complexity index is 640. The van der Waals surface area contributed by atoms with E-state index >= 15 is 0 Å². The zero-order valence-corrected chi connectivity index (χ0v) is 16.4. The number of hydrogen-bond acceptors (Lipinski definition) is 4.